The van der Waals surface area contributed by atoms with Crippen molar-refractivity contribution < 1.29 is 9.53 Å². The van der Waals surface area contributed by atoms with E-state index < -0.39 is 6.09 Å². The number of ether oxygens (including phenoxy) is 1. The zero-order chi connectivity index (χ0) is 17.6. The van der Waals surface area contributed by atoms with E-state index in [9.17, 15) is 4.79 Å². The quantitative estimate of drug-likeness (QED) is 0.771. The highest BCUT2D eigenvalue weighted by Crippen LogP contribution is 2.31. The number of anilines is 2. The second kappa shape index (κ2) is 8.12. The Morgan fingerprint density at radius 1 is 1.24 bits per heavy atom. The highest BCUT2D eigenvalue weighted by Gasteiger charge is 2.19. The highest BCUT2D eigenvalue weighted by molar-refractivity contribution is 7.80. The van der Waals surface area contributed by atoms with Crippen LogP contribution in [-0.4, -0.2) is 24.1 Å². The van der Waals surface area contributed by atoms with Gasteiger partial charge in [0.2, 0.25) is 0 Å². The van der Waals surface area contributed by atoms with Crippen LogP contribution in [0, 0.1) is 0 Å². The Bertz CT molecular complexity index is 762. The molecule has 0 radical (unpaired) electrons. The molecule has 3 rings (SSSR count). The Kier molecular flexibility index (Phi) is 5.66. The molecule has 4 nitrogen and oxygen atoms in total. The van der Waals surface area contributed by atoms with Gasteiger partial charge in [0.25, 0.3) is 0 Å². The Morgan fingerprint density at radius 3 is 2.80 bits per heavy atom. The van der Waals surface area contributed by atoms with E-state index in [-0.39, 0.29) is 0 Å². The van der Waals surface area contributed by atoms with Crippen molar-refractivity contribution in [2.75, 3.05) is 23.4 Å². The normalized spacial score (nSPS) is 12.6. The molecule has 0 saturated heterocycles. The Hall–Kier alpha value is -2.40. The lowest BCUT2D eigenvalue weighted by atomic mass is 10.1. The second-order valence-corrected chi connectivity index (χ2v) is 6.91. The monoisotopic (exact) mass is 354 g/mol. The van der Waals surface area contributed by atoms with Gasteiger partial charge in [-0.05, 0) is 47.5 Å². The smallest absolute Gasteiger partial charge is 0.411 e. The number of amides is 1. The van der Waals surface area contributed by atoms with Gasteiger partial charge in [0.05, 0.1) is 6.61 Å². The van der Waals surface area contributed by atoms with Gasteiger partial charge < -0.3 is 9.64 Å². The molecular formula is C20H22N2O2S. The molecule has 1 amide bonds. The van der Waals surface area contributed by atoms with Crippen LogP contribution in [-0.2, 0) is 17.7 Å². The van der Waals surface area contributed by atoms with Crippen molar-refractivity contribution in [2.45, 2.75) is 26.3 Å². The van der Waals surface area contributed by atoms with E-state index in [4.69, 9.17) is 17.0 Å². The molecule has 0 spiro atoms. The van der Waals surface area contributed by atoms with Gasteiger partial charge in [-0.15, -0.1) is 0 Å². The summed E-state index contributed by atoms with van der Waals surface area (Å²) < 4.78 is 5.13. The lowest BCUT2D eigenvalue weighted by Crippen LogP contribution is -2.19. The number of thiocarbonyl (C=S) groups is 1. The molecule has 2 aromatic carbocycles. The molecule has 0 bridgehead atoms. The van der Waals surface area contributed by atoms with Crippen molar-refractivity contribution in [1.82, 2.24) is 0 Å². The predicted octanol–water partition coefficient (Wildman–Crippen LogP) is 4.58. The first-order valence-electron chi connectivity index (χ1n) is 8.47. The third-order valence-electron chi connectivity index (χ3n) is 4.22. The van der Waals surface area contributed by atoms with Crippen molar-refractivity contribution in [1.29, 1.82) is 0 Å². The summed E-state index contributed by atoms with van der Waals surface area (Å²) >= 11 is 4.97. The first-order chi connectivity index (χ1) is 12.1. The number of rotatable bonds is 6. The van der Waals surface area contributed by atoms with E-state index in [0.717, 1.165) is 30.1 Å². The number of benzene rings is 2. The average molecular weight is 354 g/mol. The molecule has 0 aliphatic carbocycles. The number of carbonyl (C=O) groups is 1. The third-order valence-corrected chi connectivity index (χ3v) is 4.43. The van der Waals surface area contributed by atoms with Crippen LogP contribution in [0.3, 0.4) is 0 Å². The fourth-order valence-electron chi connectivity index (χ4n) is 2.96. The van der Waals surface area contributed by atoms with E-state index in [2.05, 4.69) is 40.5 Å². The molecular weight excluding hydrogens is 332 g/mol. The van der Waals surface area contributed by atoms with Gasteiger partial charge in [0.15, 0.2) is 0 Å². The van der Waals surface area contributed by atoms with E-state index in [1.165, 1.54) is 16.8 Å². The molecule has 0 atom stereocenters. The van der Waals surface area contributed by atoms with E-state index in [1.54, 1.807) is 0 Å². The van der Waals surface area contributed by atoms with Crippen LogP contribution in [0.1, 0.15) is 24.5 Å². The number of nitrogens with one attached hydrogen (secondary N) is 1. The minimum absolute atomic E-state index is 0.316. The molecule has 130 valence electrons. The molecule has 0 aromatic heterocycles. The maximum atomic E-state index is 11.8. The van der Waals surface area contributed by atoms with Crippen LogP contribution in [0.5, 0.6) is 0 Å². The Labute approximate surface area is 153 Å². The average Bonchev–Trinajstić information content (AvgIpc) is 2.97. The molecule has 1 N–H and O–H groups in total. The van der Waals surface area contributed by atoms with Crippen LogP contribution in [0.15, 0.2) is 48.5 Å². The summed E-state index contributed by atoms with van der Waals surface area (Å²) in [5.41, 5.74) is 4.56. The van der Waals surface area contributed by atoms with Gasteiger partial charge in [-0.1, -0.05) is 42.5 Å². The van der Waals surface area contributed by atoms with Crippen LogP contribution in [0.4, 0.5) is 16.2 Å². The number of nitrogens with zero attached hydrogens (tertiary/aromatic N) is 1. The summed E-state index contributed by atoms with van der Waals surface area (Å²) in [7, 11) is 0. The molecule has 0 saturated carbocycles. The lowest BCUT2D eigenvalue weighted by Gasteiger charge is -2.19. The van der Waals surface area contributed by atoms with Gasteiger partial charge in [-0.3, -0.25) is 5.32 Å². The molecule has 0 unspecified atom stereocenters. The fraction of sp³-hybridized carbons (Fsp3) is 0.300. The minimum Gasteiger partial charge on any atom is -0.449 e. The van der Waals surface area contributed by atoms with Gasteiger partial charge >= 0.3 is 6.09 Å². The molecule has 1 aliphatic heterocycles. The Morgan fingerprint density at radius 2 is 2.04 bits per heavy atom. The number of carbonyl (C=O) groups excluding carboxylic acids is 1. The molecule has 1 heterocycles. The zero-order valence-corrected chi connectivity index (χ0v) is 15.1. The van der Waals surface area contributed by atoms with Crippen molar-refractivity contribution in [3.05, 3.63) is 59.7 Å². The minimum atomic E-state index is -0.435. The van der Waals surface area contributed by atoms with Crippen molar-refractivity contribution in [3.8, 4) is 0 Å². The number of hydrogen-bond acceptors (Lipinski definition) is 4. The van der Waals surface area contributed by atoms with Crippen LogP contribution in [0.25, 0.3) is 0 Å². The highest BCUT2D eigenvalue weighted by atomic mass is 32.1. The van der Waals surface area contributed by atoms with Crippen LogP contribution in [0.2, 0.25) is 0 Å². The second-order valence-electron chi connectivity index (χ2n) is 6.21. The van der Waals surface area contributed by atoms with Gasteiger partial charge in [-0.2, -0.15) is 0 Å². The maximum absolute atomic E-state index is 11.8. The van der Waals surface area contributed by atoms with Crippen LogP contribution < -0.4 is 10.2 Å². The van der Waals surface area contributed by atoms with Crippen molar-refractivity contribution in [2.24, 2.45) is 0 Å². The van der Waals surface area contributed by atoms with Gasteiger partial charge in [-0.25, -0.2) is 4.79 Å². The lowest BCUT2D eigenvalue weighted by molar-refractivity contribution is 0.165. The first-order valence-corrected chi connectivity index (χ1v) is 8.87. The SMILES string of the molecule is CC(=S)CCOC(=O)Nc1ccc2c(c1)CCN2Cc1ccccc1. The molecule has 25 heavy (non-hydrogen) atoms. The molecule has 1 aliphatic rings. The fourth-order valence-corrected chi connectivity index (χ4v) is 3.04. The molecule has 0 fully saturated rings. The van der Waals surface area contributed by atoms with Gasteiger partial charge in [0, 0.05) is 30.9 Å². The van der Waals surface area contributed by atoms with E-state index in [1.807, 2.05) is 25.1 Å². The van der Waals surface area contributed by atoms with Crippen molar-refractivity contribution >= 4 is 34.6 Å². The standard InChI is InChI=1S/C20H22N2O2S/c1-15(25)10-12-24-20(23)21-18-7-8-19-17(13-18)9-11-22(19)14-16-5-3-2-4-6-16/h2-8,13H,9-12,14H2,1H3,(H,21,23). The first kappa shape index (κ1) is 17.4. The predicted molar refractivity (Wildman–Crippen MR) is 105 cm³/mol. The summed E-state index contributed by atoms with van der Waals surface area (Å²) in [6.45, 7) is 4.06. The van der Waals surface area contributed by atoms with Crippen molar-refractivity contribution in [3.63, 3.8) is 0 Å². The zero-order valence-electron chi connectivity index (χ0n) is 14.3. The summed E-state index contributed by atoms with van der Waals surface area (Å²) in [4.78, 5) is 15.0. The summed E-state index contributed by atoms with van der Waals surface area (Å²) in [6, 6.07) is 16.5. The topological polar surface area (TPSA) is 41.6 Å². The Balaban J connectivity index is 1.59. The summed E-state index contributed by atoms with van der Waals surface area (Å²) in [5.74, 6) is 0. The van der Waals surface area contributed by atoms with Crippen LogP contribution >= 0.6 is 12.2 Å². The molecule has 2 aromatic rings. The number of fused-ring (bicyclic) bond motifs is 1. The third kappa shape index (κ3) is 4.79. The summed E-state index contributed by atoms with van der Waals surface area (Å²) in [5, 5.41) is 2.79. The molecule has 5 heteroatoms. The summed E-state index contributed by atoms with van der Waals surface area (Å²) in [6.07, 6.45) is 1.16. The number of hydrogen-bond donors (Lipinski definition) is 1. The van der Waals surface area contributed by atoms with E-state index in [0.29, 0.717) is 13.0 Å². The maximum Gasteiger partial charge on any atom is 0.411 e. The van der Waals surface area contributed by atoms with E-state index >= 15 is 0 Å². The van der Waals surface area contributed by atoms with Gasteiger partial charge in [0.1, 0.15) is 0 Å². The largest absolute Gasteiger partial charge is 0.449 e.